The van der Waals surface area contributed by atoms with Crippen molar-refractivity contribution in [3.8, 4) is 0 Å². The largest absolute Gasteiger partial charge is 0.384 e. The summed E-state index contributed by atoms with van der Waals surface area (Å²) in [7, 11) is 0. The highest BCUT2D eigenvalue weighted by Crippen LogP contribution is 2.14. The van der Waals surface area contributed by atoms with E-state index in [0.29, 0.717) is 6.61 Å². The van der Waals surface area contributed by atoms with Crippen molar-refractivity contribution >= 4 is 0 Å². The molecule has 0 radical (unpaired) electrons. The molecule has 1 saturated heterocycles. The Morgan fingerprint density at radius 2 is 2.62 bits per heavy atom. The Kier molecular flexibility index (Phi) is 1.34. The zero-order valence-electron chi connectivity index (χ0n) is 4.06. The molecular weight excluding hydrogens is 110 g/mol. The van der Waals surface area contributed by atoms with E-state index in [9.17, 15) is 0 Å². The van der Waals surface area contributed by atoms with Gasteiger partial charge in [0.05, 0.1) is 6.61 Å². The molecular formula is C3H5N3O2. The predicted molar refractivity (Wildman–Crippen MR) is 24.9 cm³/mol. The van der Waals surface area contributed by atoms with Crippen molar-refractivity contribution in [3.05, 3.63) is 10.4 Å². The molecule has 0 aromatic carbocycles. The summed E-state index contributed by atoms with van der Waals surface area (Å²) in [6.45, 7) is 0.500. The molecule has 5 heteroatoms. The van der Waals surface area contributed by atoms with E-state index in [-0.39, 0.29) is 6.10 Å². The van der Waals surface area contributed by atoms with Gasteiger partial charge < -0.3 is 9.84 Å². The Morgan fingerprint density at radius 3 is 3.00 bits per heavy atom. The SMILES string of the molecule is [N-]=[N+]=NC(O)C1CO1. The highest BCUT2D eigenvalue weighted by molar-refractivity contribution is 4.76. The maximum absolute atomic E-state index is 8.64. The van der Waals surface area contributed by atoms with Crippen molar-refractivity contribution in [1.82, 2.24) is 0 Å². The molecule has 1 fully saturated rings. The van der Waals surface area contributed by atoms with E-state index in [0.717, 1.165) is 0 Å². The van der Waals surface area contributed by atoms with Crippen molar-refractivity contribution in [2.24, 2.45) is 5.11 Å². The number of nitrogens with zero attached hydrogens (tertiary/aromatic N) is 3. The van der Waals surface area contributed by atoms with Crippen LogP contribution in [0.5, 0.6) is 0 Å². The maximum Gasteiger partial charge on any atom is 0.161 e. The number of azide groups is 1. The van der Waals surface area contributed by atoms with Crippen molar-refractivity contribution in [3.63, 3.8) is 0 Å². The summed E-state index contributed by atoms with van der Waals surface area (Å²) in [5.74, 6) is 0. The van der Waals surface area contributed by atoms with Gasteiger partial charge in [0, 0.05) is 4.91 Å². The van der Waals surface area contributed by atoms with Crippen molar-refractivity contribution < 1.29 is 9.84 Å². The second-order valence-corrected chi connectivity index (χ2v) is 1.49. The van der Waals surface area contributed by atoms with E-state index in [2.05, 4.69) is 14.8 Å². The van der Waals surface area contributed by atoms with Gasteiger partial charge in [0.2, 0.25) is 0 Å². The minimum atomic E-state index is -0.986. The fraction of sp³-hybridized carbons (Fsp3) is 1.00. The van der Waals surface area contributed by atoms with Gasteiger partial charge in [-0.1, -0.05) is 5.11 Å². The molecule has 0 aliphatic carbocycles. The normalized spacial score (nSPS) is 28.4. The summed E-state index contributed by atoms with van der Waals surface area (Å²) in [4.78, 5) is 2.39. The fourth-order valence-electron chi connectivity index (χ4n) is 0.355. The molecule has 5 nitrogen and oxygen atoms in total. The maximum atomic E-state index is 8.64. The minimum Gasteiger partial charge on any atom is -0.384 e. The quantitative estimate of drug-likeness (QED) is 0.238. The lowest BCUT2D eigenvalue weighted by atomic mass is 10.4. The Balaban J connectivity index is 2.32. The lowest BCUT2D eigenvalue weighted by Gasteiger charge is -1.91. The smallest absolute Gasteiger partial charge is 0.161 e. The molecule has 0 aromatic rings. The van der Waals surface area contributed by atoms with Gasteiger partial charge >= 0.3 is 0 Å². The lowest BCUT2D eigenvalue weighted by Crippen LogP contribution is -2.08. The molecule has 2 atom stereocenters. The molecule has 1 rings (SSSR count). The summed E-state index contributed by atoms with van der Waals surface area (Å²) in [6.07, 6.45) is -1.23. The van der Waals surface area contributed by atoms with Gasteiger partial charge in [-0.15, -0.1) is 0 Å². The van der Waals surface area contributed by atoms with E-state index in [4.69, 9.17) is 10.6 Å². The standard InChI is InChI=1S/C3H5N3O2/c4-6-5-3(7)2-1-8-2/h2-3,7H,1H2. The first kappa shape index (κ1) is 5.37. The highest BCUT2D eigenvalue weighted by Gasteiger charge is 2.30. The van der Waals surface area contributed by atoms with E-state index in [1.807, 2.05) is 0 Å². The second kappa shape index (κ2) is 2.00. The first-order valence-corrected chi connectivity index (χ1v) is 2.18. The number of aliphatic hydroxyl groups excluding tert-OH is 1. The third-order valence-corrected chi connectivity index (χ3v) is 0.862. The number of hydrogen-bond donors (Lipinski definition) is 1. The average molecular weight is 115 g/mol. The first-order valence-electron chi connectivity index (χ1n) is 2.18. The molecule has 0 bridgehead atoms. The van der Waals surface area contributed by atoms with Crippen LogP contribution in [0.1, 0.15) is 0 Å². The van der Waals surface area contributed by atoms with Crippen LogP contribution in [0.4, 0.5) is 0 Å². The van der Waals surface area contributed by atoms with Crippen LogP contribution in [-0.4, -0.2) is 24.0 Å². The lowest BCUT2D eigenvalue weighted by molar-refractivity contribution is 0.142. The van der Waals surface area contributed by atoms with Gasteiger partial charge in [0.15, 0.2) is 6.23 Å². The van der Waals surface area contributed by atoms with Crippen LogP contribution in [0.25, 0.3) is 10.4 Å². The van der Waals surface area contributed by atoms with Gasteiger partial charge in [-0.2, -0.15) is 0 Å². The van der Waals surface area contributed by atoms with E-state index in [1.54, 1.807) is 0 Å². The molecule has 1 N–H and O–H groups in total. The van der Waals surface area contributed by atoms with E-state index >= 15 is 0 Å². The van der Waals surface area contributed by atoms with Crippen LogP contribution < -0.4 is 0 Å². The number of ether oxygens (including phenoxy) is 1. The Bertz CT molecular complexity index is 126. The summed E-state index contributed by atoms with van der Waals surface area (Å²) in [6, 6.07) is 0. The Labute approximate surface area is 45.5 Å². The fourth-order valence-corrected chi connectivity index (χ4v) is 0.355. The van der Waals surface area contributed by atoms with Crippen LogP contribution in [0.2, 0.25) is 0 Å². The summed E-state index contributed by atoms with van der Waals surface area (Å²) >= 11 is 0. The van der Waals surface area contributed by atoms with Gasteiger partial charge in [0.1, 0.15) is 6.10 Å². The van der Waals surface area contributed by atoms with Gasteiger partial charge in [-0.05, 0) is 5.53 Å². The third-order valence-electron chi connectivity index (χ3n) is 0.862. The van der Waals surface area contributed by atoms with Crippen LogP contribution in [0.15, 0.2) is 5.11 Å². The van der Waals surface area contributed by atoms with Crippen LogP contribution in [0.3, 0.4) is 0 Å². The number of epoxide rings is 1. The van der Waals surface area contributed by atoms with Gasteiger partial charge in [0.25, 0.3) is 0 Å². The number of hydrogen-bond acceptors (Lipinski definition) is 3. The van der Waals surface area contributed by atoms with Crippen molar-refractivity contribution in [2.75, 3.05) is 6.61 Å². The average Bonchev–Trinajstić information content (AvgIpc) is 2.45. The molecule has 1 aliphatic heterocycles. The van der Waals surface area contributed by atoms with Crippen LogP contribution >= 0.6 is 0 Å². The Hall–Kier alpha value is -0.770. The van der Waals surface area contributed by atoms with Gasteiger partial charge in [-0.25, -0.2) is 0 Å². The third kappa shape index (κ3) is 1.10. The number of rotatable bonds is 2. The Morgan fingerprint density at radius 1 is 2.00 bits per heavy atom. The molecule has 2 unspecified atom stereocenters. The second-order valence-electron chi connectivity index (χ2n) is 1.49. The highest BCUT2D eigenvalue weighted by atomic mass is 16.6. The van der Waals surface area contributed by atoms with Crippen LogP contribution in [-0.2, 0) is 4.74 Å². The monoisotopic (exact) mass is 115 g/mol. The topological polar surface area (TPSA) is 81.5 Å². The molecule has 0 saturated carbocycles. The molecule has 0 amide bonds. The van der Waals surface area contributed by atoms with Crippen molar-refractivity contribution in [2.45, 2.75) is 12.3 Å². The van der Waals surface area contributed by atoms with E-state index in [1.165, 1.54) is 0 Å². The zero-order valence-corrected chi connectivity index (χ0v) is 4.06. The van der Waals surface area contributed by atoms with Crippen molar-refractivity contribution in [1.29, 1.82) is 0 Å². The first-order chi connectivity index (χ1) is 3.84. The molecule has 44 valence electrons. The molecule has 0 aromatic heterocycles. The molecule has 1 aliphatic rings. The van der Waals surface area contributed by atoms with Crippen LogP contribution in [0, 0.1) is 0 Å². The molecule has 1 heterocycles. The summed E-state index contributed by atoms with van der Waals surface area (Å²) in [5.41, 5.74) is 7.76. The number of aliphatic hydroxyl groups is 1. The summed E-state index contributed by atoms with van der Waals surface area (Å²) in [5, 5.41) is 11.6. The summed E-state index contributed by atoms with van der Waals surface area (Å²) < 4.78 is 4.61. The zero-order chi connectivity index (χ0) is 5.98. The minimum absolute atomic E-state index is 0.245. The molecule has 8 heavy (non-hydrogen) atoms. The van der Waals surface area contributed by atoms with Gasteiger partial charge in [-0.3, -0.25) is 0 Å². The predicted octanol–water partition coefficient (Wildman–Crippen LogP) is 0.0139. The molecule has 0 spiro atoms. The van der Waals surface area contributed by atoms with E-state index < -0.39 is 6.23 Å².